The molecule has 0 unspecified atom stereocenters. The quantitative estimate of drug-likeness (QED) is 0.519. The fourth-order valence-electron chi connectivity index (χ4n) is 5.15. The highest BCUT2D eigenvalue weighted by molar-refractivity contribution is 6.49. The van der Waals surface area contributed by atoms with Crippen LogP contribution in [0, 0.1) is 0 Å². The summed E-state index contributed by atoms with van der Waals surface area (Å²) in [5.41, 5.74) is 7.55. The molecule has 1 saturated heterocycles. The third-order valence-corrected chi connectivity index (χ3v) is 7.00. The van der Waals surface area contributed by atoms with Gasteiger partial charge < -0.3 is 10.2 Å². The Labute approximate surface area is 219 Å². The minimum absolute atomic E-state index is 0.195. The number of aromatic nitrogens is 2. The Bertz CT molecular complexity index is 1260. The monoisotopic (exact) mass is 496 g/mol. The van der Waals surface area contributed by atoms with Crippen molar-refractivity contribution in [1.29, 1.82) is 0 Å². The summed E-state index contributed by atoms with van der Waals surface area (Å²) >= 11 is 0. The van der Waals surface area contributed by atoms with Gasteiger partial charge in [-0.1, -0.05) is 18.6 Å². The van der Waals surface area contributed by atoms with E-state index in [0.29, 0.717) is 17.9 Å². The first kappa shape index (κ1) is 25.2. The molecule has 2 aliphatic heterocycles. The highest BCUT2D eigenvalue weighted by atomic mass is 16.1. The molecule has 0 saturated carbocycles. The third-order valence-electron chi connectivity index (χ3n) is 7.00. The van der Waals surface area contributed by atoms with Gasteiger partial charge in [0.25, 0.3) is 5.91 Å². The maximum atomic E-state index is 13.4. The number of amides is 1. The molecule has 5 rings (SSSR count). The van der Waals surface area contributed by atoms with Crippen LogP contribution < -0.4 is 5.32 Å². The summed E-state index contributed by atoms with van der Waals surface area (Å²) < 4.78 is 0. The largest absolute Gasteiger partial charge is 0.319 e. The van der Waals surface area contributed by atoms with Gasteiger partial charge in [-0.05, 0) is 93.8 Å². The first-order valence-corrected chi connectivity index (χ1v) is 13.3. The van der Waals surface area contributed by atoms with Crippen LogP contribution in [0.4, 0.5) is 5.69 Å². The van der Waals surface area contributed by atoms with Crippen molar-refractivity contribution in [2.75, 3.05) is 39.0 Å². The fourth-order valence-corrected chi connectivity index (χ4v) is 5.15. The summed E-state index contributed by atoms with van der Waals surface area (Å²) in [5.74, 6) is -0.195. The lowest BCUT2D eigenvalue weighted by Crippen LogP contribution is -2.29. The molecule has 37 heavy (non-hydrogen) atoms. The van der Waals surface area contributed by atoms with Gasteiger partial charge in [0.05, 0.1) is 17.6 Å². The van der Waals surface area contributed by atoms with Crippen molar-refractivity contribution in [3.8, 4) is 11.1 Å². The van der Waals surface area contributed by atoms with Gasteiger partial charge >= 0.3 is 0 Å². The number of piperidine rings is 1. The molecule has 0 radical (unpaired) electrons. The van der Waals surface area contributed by atoms with Crippen molar-refractivity contribution in [3.05, 3.63) is 77.4 Å². The number of nitrogens with one attached hydrogen (secondary N) is 1. The van der Waals surface area contributed by atoms with E-state index in [9.17, 15) is 4.79 Å². The number of anilines is 1. The number of benzene rings is 1. The number of likely N-dealkylation sites (tertiary alicyclic amines) is 1. The van der Waals surface area contributed by atoms with Crippen LogP contribution >= 0.6 is 0 Å². The Morgan fingerprint density at radius 1 is 0.973 bits per heavy atom. The molecule has 1 aromatic carbocycles. The van der Waals surface area contributed by atoms with Gasteiger partial charge in [0.15, 0.2) is 0 Å². The summed E-state index contributed by atoms with van der Waals surface area (Å²) in [5, 5.41) is 3.01. The third kappa shape index (κ3) is 6.48. The molecule has 7 nitrogen and oxygen atoms in total. The summed E-state index contributed by atoms with van der Waals surface area (Å²) in [6.45, 7) is 4.64. The Morgan fingerprint density at radius 3 is 2.62 bits per heavy atom. The predicted octanol–water partition coefficient (Wildman–Crippen LogP) is 4.57. The second-order valence-electron chi connectivity index (χ2n) is 10.4. The predicted molar refractivity (Wildman–Crippen MR) is 149 cm³/mol. The van der Waals surface area contributed by atoms with Gasteiger partial charge in [-0.3, -0.25) is 24.7 Å². The average molecular weight is 497 g/mol. The van der Waals surface area contributed by atoms with Crippen molar-refractivity contribution in [2.45, 2.75) is 45.2 Å². The number of carbonyl (C=O) groups excluding carboxylic acids is 1. The van der Waals surface area contributed by atoms with Crippen molar-refractivity contribution < 1.29 is 4.79 Å². The number of rotatable bonds is 7. The van der Waals surface area contributed by atoms with Crippen LogP contribution in [-0.4, -0.2) is 65.1 Å². The fraction of sp³-hybridized carbons (Fsp3) is 0.400. The number of fused-ring (bicyclic) bond motifs is 1. The molecule has 0 atom stereocenters. The smallest absolute Gasteiger partial charge is 0.274 e. The van der Waals surface area contributed by atoms with Gasteiger partial charge in [-0.15, -0.1) is 0 Å². The maximum absolute atomic E-state index is 13.4. The molecule has 1 N–H and O–H groups in total. The van der Waals surface area contributed by atoms with Gasteiger partial charge in [-0.2, -0.15) is 0 Å². The van der Waals surface area contributed by atoms with Crippen LogP contribution in [0.1, 0.15) is 48.1 Å². The summed E-state index contributed by atoms with van der Waals surface area (Å²) in [6, 6.07) is 12.5. The summed E-state index contributed by atoms with van der Waals surface area (Å²) in [7, 11) is 4.02. The topological polar surface area (TPSA) is 73.7 Å². The van der Waals surface area contributed by atoms with E-state index in [1.807, 2.05) is 38.6 Å². The lowest BCUT2D eigenvalue weighted by atomic mass is 9.94. The number of hydrogen-bond donors (Lipinski definition) is 1. The van der Waals surface area contributed by atoms with Crippen molar-refractivity contribution >= 4 is 17.3 Å². The van der Waals surface area contributed by atoms with Crippen LogP contribution in [0.3, 0.4) is 0 Å². The van der Waals surface area contributed by atoms with E-state index in [2.05, 4.69) is 49.4 Å². The van der Waals surface area contributed by atoms with Gasteiger partial charge in [0.2, 0.25) is 0 Å². The Hall–Kier alpha value is -3.42. The van der Waals surface area contributed by atoms with Crippen LogP contribution in [0.5, 0.6) is 0 Å². The first-order valence-electron chi connectivity index (χ1n) is 13.3. The minimum Gasteiger partial charge on any atom is -0.319 e. The van der Waals surface area contributed by atoms with E-state index in [4.69, 9.17) is 4.99 Å². The van der Waals surface area contributed by atoms with E-state index in [1.54, 1.807) is 6.20 Å². The van der Waals surface area contributed by atoms with E-state index in [-0.39, 0.29) is 5.91 Å². The molecule has 4 heterocycles. The van der Waals surface area contributed by atoms with E-state index >= 15 is 0 Å². The zero-order valence-electron chi connectivity index (χ0n) is 21.9. The molecule has 2 aromatic heterocycles. The highest BCUT2D eigenvalue weighted by Crippen LogP contribution is 2.27. The van der Waals surface area contributed by atoms with Crippen molar-refractivity contribution in [2.24, 2.45) is 4.99 Å². The number of aliphatic imine (C=N–C) groups is 1. The van der Waals surface area contributed by atoms with E-state index in [0.717, 1.165) is 67.0 Å². The molecule has 1 amide bonds. The highest BCUT2D eigenvalue weighted by Gasteiger charge is 2.21. The van der Waals surface area contributed by atoms with Crippen LogP contribution in [0.25, 0.3) is 11.1 Å². The van der Waals surface area contributed by atoms with E-state index < -0.39 is 0 Å². The second-order valence-corrected chi connectivity index (χ2v) is 10.4. The summed E-state index contributed by atoms with van der Waals surface area (Å²) in [4.78, 5) is 31.7. The number of pyridine rings is 2. The Kier molecular flexibility index (Phi) is 8.02. The lowest BCUT2D eigenvalue weighted by molar-refractivity contribution is -0.110. The molecular weight excluding hydrogens is 460 g/mol. The normalized spacial score (nSPS) is 16.1. The molecule has 3 aromatic rings. The van der Waals surface area contributed by atoms with Crippen LogP contribution in [-0.2, 0) is 24.3 Å². The number of hydrogen-bond acceptors (Lipinski definition) is 6. The number of aryl methyl sites for hydroxylation is 1. The first-order chi connectivity index (χ1) is 18.0. The van der Waals surface area contributed by atoms with Crippen LogP contribution in [0.2, 0.25) is 0 Å². The molecule has 192 valence electrons. The molecule has 0 aliphatic carbocycles. The Balaban J connectivity index is 1.36. The molecule has 2 aliphatic rings. The summed E-state index contributed by atoms with van der Waals surface area (Å²) in [6.07, 6.45) is 11.3. The molecule has 0 spiro atoms. The standard InChI is InChI=1S/C30H36N6O/c1-35(2)21-27-11-10-26(19-33-27)34-30(37)29-28-16-24(9-8-23(28)7-6-12-32-29)25-15-22(17-31-18-25)20-36-13-4-3-5-14-36/h8-11,15-19H,3-7,12-14,20-21H2,1-2H3,(H,34,37). The molecule has 1 fully saturated rings. The van der Waals surface area contributed by atoms with Gasteiger partial charge in [-0.25, -0.2) is 0 Å². The SMILES string of the molecule is CN(C)Cc1ccc(NC(=O)C2=NCCCc3ccc(-c4cncc(CN5CCCCC5)c4)cc32)cn1. The zero-order valence-corrected chi connectivity index (χ0v) is 21.9. The van der Waals surface area contributed by atoms with Crippen LogP contribution in [0.15, 0.2) is 60.0 Å². The molecular formula is C30H36N6O. The molecule has 0 bridgehead atoms. The number of nitrogens with zero attached hydrogens (tertiary/aromatic N) is 5. The minimum atomic E-state index is -0.195. The Morgan fingerprint density at radius 2 is 1.84 bits per heavy atom. The second kappa shape index (κ2) is 11.8. The average Bonchev–Trinajstić information content (AvgIpc) is 3.12. The van der Waals surface area contributed by atoms with Crippen molar-refractivity contribution in [3.63, 3.8) is 0 Å². The zero-order chi connectivity index (χ0) is 25.6. The van der Waals surface area contributed by atoms with Gasteiger partial charge in [0.1, 0.15) is 5.71 Å². The van der Waals surface area contributed by atoms with Gasteiger partial charge in [0, 0.05) is 43.2 Å². The van der Waals surface area contributed by atoms with E-state index in [1.165, 1.54) is 24.8 Å². The van der Waals surface area contributed by atoms with Crippen molar-refractivity contribution in [1.82, 2.24) is 19.8 Å². The number of carbonyl (C=O) groups is 1. The molecule has 7 heteroatoms. The lowest BCUT2D eigenvalue weighted by Gasteiger charge is -2.26. The maximum Gasteiger partial charge on any atom is 0.274 e.